The van der Waals surface area contributed by atoms with E-state index in [2.05, 4.69) is 64.0 Å². The molecule has 1 saturated heterocycles. The summed E-state index contributed by atoms with van der Waals surface area (Å²) in [5, 5.41) is 4.63. The highest BCUT2D eigenvalue weighted by molar-refractivity contribution is 6.62. The number of aryl methyl sites for hydroxylation is 2. The first-order valence-electron chi connectivity index (χ1n) is 8.13. The van der Waals surface area contributed by atoms with E-state index in [-0.39, 0.29) is 18.3 Å². The molecule has 0 amide bonds. The minimum absolute atomic E-state index is 0.331. The van der Waals surface area contributed by atoms with Crippen molar-refractivity contribution in [1.82, 2.24) is 9.78 Å². The fourth-order valence-electron chi connectivity index (χ4n) is 2.81. The van der Waals surface area contributed by atoms with Crippen LogP contribution in [0.5, 0.6) is 0 Å². The molecule has 0 bridgehead atoms. The largest absolute Gasteiger partial charge is 0.498 e. The molecule has 0 atom stereocenters. The van der Waals surface area contributed by atoms with E-state index in [1.54, 1.807) is 0 Å². The van der Waals surface area contributed by atoms with E-state index >= 15 is 0 Å². The van der Waals surface area contributed by atoms with E-state index in [0.29, 0.717) is 0 Å². The van der Waals surface area contributed by atoms with Crippen molar-refractivity contribution in [2.75, 3.05) is 0 Å². The third kappa shape index (κ3) is 3.08. The molecule has 4 nitrogen and oxygen atoms in total. The topological polar surface area (TPSA) is 36.3 Å². The molecule has 122 valence electrons. The molecule has 1 aliphatic rings. The summed E-state index contributed by atoms with van der Waals surface area (Å²) in [6, 6.07) is 8.49. The van der Waals surface area contributed by atoms with Gasteiger partial charge in [-0.25, -0.2) is 0 Å². The predicted octanol–water partition coefficient (Wildman–Crippen LogP) is 2.85. The van der Waals surface area contributed by atoms with E-state index in [4.69, 9.17) is 9.31 Å². The number of rotatable bonds is 3. The van der Waals surface area contributed by atoms with E-state index in [1.165, 1.54) is 11.1 Å². The second-order valence-electron chi connectivity index (χ2n) is 7.44. The van der Waals surface area contributed by atoms with Gasteiger partial charge in [0.15, 0.2) is 0 Å². The Morgan fingerprint density at radius 2 is 1.74 bits per heavy atom. The highest BCUT2D eigenvalue weighted by Gasteiger charge is 2.52. The maximum Gasteiger partial charge on any atom is 0.498 e. The molecule has 0 saturated carbocycles. The standard InChI is InChI=1S/C18H25BN2O2/c1-13-8-7-9-15(10-13)11-21-12-16(14(2)20-21)19-22-17(3,4)18(5,6)23-19/h7-10,12H,11H2,1-6H3. The molecule has 1 aliphatic heterocycles. The molecule has 0 aliphatic carbocycles. The lowest BCUT2D eigenvalue weighted by atomic mass is 9.79. The van der Waals surface area contributed by atoms with Crippen LogP contribution in [0, 0.1) is 13.8 Å². The molecule has 5 heteroatoms. The van der Waals surface area contributed by atoms with Gasteiger partial charge in [-0.2, -0.15) is 5.10 Å². The first kappa shape index (κ1) is 16.3. The summed E-state index contributed by atoms with van der Waals surface area (Å²) in [5.74, 6) is 0. The lowest BCUT2D eigenvalue weighted by Crippen LogP contribution is -2.41. The number of aromatic nitrogens is 2. The van der Waals surface area contributed by atoms with Gasteiger partial charge in [-0.3, -0.25) is 4.68 Å². The van der Waals surface area contributed by atoms with Crippen LogP contribution in [0.25, 0.3) is 0 Å². The summed E-state index contributed by atoms with van der Waals surface area (Å²) in [6.07, 6.45) is 2.04. The van der Waals surface area contributed by atoms with Crippen LogP contribution in [0.3, 0.4) is 0 Å². The highest BCUT2D eigenvalue weighted by atomic mass is 16.7. The van der Waals surface area contributed by atoms with Crippen molar-refractivity contribution in [3.05, 3.63) is 47.3 Å². The van der Waals surface area contributed by atoms with Gasteiger partial charge in [-0.05, 0) is 47.1 Å². The molecule has 3 rings (SSSR count). The van der Waals surface area contributed by atoms with E-state index in [0.717, 1.165) is 17.7 Å². The Hall–Kier alpha value is -1.59. The Bertz CT molecular complexity index is 706. The van der Waals surface area contributed by atoms with Crippen molar-refractivity contribution in [2.24, 2.45) is 0 Å². The molecule has 0 N–H and O–H groups in total. The SMILES string of the molecule is Cc1cccc(Cn2cc(B3OC(C)(C)C(C)(C)O3)c(C)n2)c1. The number of benzene rings is 1. The second kappa shape index (κ2) is 5.50. The molecule has 1 aromatic heterocycles. The Balaban J connectivity index is 1.82. The minimum Gasteiger partial charge on any atom is -0.399 e. The van der Waals surface area contributed by atoms with Crippen LogP contribution in [-0.4, -0.2) is 28.1 Å². The zero-order chi connectivity index (χ0) is 16.8. The summed E-state index contributed by atoms with van der Waals surface area (Å²) in [4.78, 5) is 0. The summed E-state index contributed by atoms with van der Waals surface area (Å²) in [7, 11) is -0.355. The maximum absolute atomic E-state index is 6.14. The Morgan fingerprint density at radius 3 is 2.35 bits per heavy atom. The van der Waals surface area contributed by atoms with Gasteiger partial charge in [0.1, 0.15) is 0 Å². The van der Waals surface area contributed by atoms with Gasteiger partial charge in [0.2, 0.25) is 0 Å². The molecule has 0 unspecified atom stereocenters. The lowest BCUT2D eigenvalue weighted by Gasteiger charge is -2.32. The van der Waals surface area contributed by atoms with Gasteiger partial charge in [0.05, 0.1) is 23.4 Å². The molecular weight excluding hydrogens is 287 g/mol. The molecule has 23 heavy (non-hydrogen) atoms. The van der Waals surface area contributed by atoms with Crippen LogP contribution in [0.1, 0.15) is 44.5 Å². The van der Waals surface area contributed by atoms with Gasteiger partial charge in [-0.1, -0.05) is 29.8 Å². The Morgan fingerprint density at radius 1 is 1.09 bits per heavy atom. The summed E-state index contributed by atoms with van der Waals surface area (Å²) >= 11 is 0. The first-order chi connectivity index (χ1) is 10.7. The Labute approximate surface area is 138 Å². The molecular formula is C18H25BN2O2. The maximum atomic E-state index is 6.14. The van der Waals surface area contributed by atoms with Crippen molar-refractivity contribution in [3.8, 4) is 0 Å². The molecule has 2 heterocycles. The fraction of sp³-hybridized carbons (Fsp3) is 0.500. The number of hydrogen-bond donors (Lipinski definition) is 0. The quantitative estimate of drug-likeness (QED) is 0.818. The van der Waals surface area contributed by atoms with E-state index < -0.39 is 0 Å². The van der Waals surface area contributed by atoms with Gasteiger partial charge in [-0.15, -0.1) is 0 Å². The zero-order valence-corrected chi connectivity index (χ0v) is 14.9. The fourth-order valence-corrected chi connectivity index (χ4v) is 2.81. The minimum atomic E-state index is -0.355. The Kier molecular flexibility index (Phi) is 3.89. The van der Waals surface area contributed by atoms with E-state index in [1.807, 2.05) is 17.8 Å². The second-order valence-corrected chi connectivity index (χ2v) is 7.44. The number of nitrogens with zero attached hydrogens (tertiary/aromatic N) is 2. The summed E-state index contributed by atoms with van der Waals surface area (Å²) in [6.45, 7) is 13.1. The average molecular weight is 312 g/mol. The molecule has 1 aromatic carbocycles. The van der Waals surface area contributed by atoms with Crippen molar-refractivity contribution >= 4 is 12.6 Å². The molecule has 1 fully saturated rings. The summed E-state index contributed by atoms with van der Waals surface area (Å²) < 4.78 is 14.2. The normalized spacial score (nSPS) is 19.3. The third-order valence-corrected chi connectivity index (χ3v) is 4.92. The van der Waals surface area contributed by atoms with Crippen LogP contribution in [0.15, 0.2) is 30.5 Å². The van der Waals surface area contributed by atoms with Crippen LogP contribution in [-0.2, 0) is 15.9 Å². The highest BCUT2D eigenvalue weighted by Crippen LogP contribution is 2.36. The first-order valence-corrected chi connectivity index (χ1v) is 8.13. The van der Waals surface area contributed by atoms with E-state index in [9.17, 15) is 0 Å². The third-order valence-electron chi connectivity index (χ3n) is 4.92. The van der Waals surface area contributed by atoms with Gasteiger partial charge in [0, 0.05) is 11.7 Å². The van der Waals surface area contributed by atoms with Gasteiger partial charge < -0.3 is 9.31 Å². The lowest BCUT2D eigenvalue weighted by molar-refractivity contribution is 0.00578. The number of hydrogen-bond acceptors (Lipinski definition) is 3. The average Bonchev–Trinajstić information content (AvgIpc) is 2.87. The van der Waals surface area contributed by atoms with Crippen molar-refractivity contribution in [1.29, 1.82) is 0 Å². The van der Waals surface area contributed by atoms with Gasteiger partial charge >= 0.3 is 7.12 Å². The smallest absolute Gasteiger partial charge is 0.399 e. The van der Waals surface area contributed by atoms with Crippen LogP contribution in [0.4, 0.5) is 0 Å². The van der Waals surface area contributed by atoms with Crippen LogP contribution in [0.2, 0.25) is 0 Å². The zero-order valence-electron chi connectivity index (χ0n) is 14.9. The van der Waals surface area contributed by atoms with Crippen molar-refractivity contribution in [2.45, 2.75) is 59.3 Å². The summed E-state index contributed by atoms with van der Waals surface area (Å²) in [5.41, 5.74) is 3.81. The molecule has 0 spiro atoms. The van der Waals surface area contributed by atoms with Crippen LogP contribution >= 0.6 is 0 Å². The van der Waals surface area contributed by atoms with Crippen molar-refractivity contribution < 1.29 is 9.31 Å². The van der Waals surface area contributed by atoms with Crippen molar-refractivity contribution in [3.63, 3.8) is 0 Å². The van der Waals surface area contributed by atoms with Crippen LogP contribution < -0.4 is 5.46 Å². The molecule has 0 radical (unpaired) electrons. The predicted molar refractivity (Wildman–Crippen MR) is 93.0 cm³/mol. The van der Waals surface area contributed by atoms with Gasteiger partial charge in [0.25, 0.3) is 0 Å². The molecule has 2 aromatic rings. The monoisotopic (exact) mass is 312 g/mol.